The number of halogens is 1. The summed E-state index contributed by atoms with van der Waals surface area (Å²) >= 11 is 0. The molecule has 0 saturated carbocycles. The van der Waals surface area contributed by atoms with Crippen molar-refractivity contribution >= 4 is 18.4 Å². The second kappa shape index (κ2) is 6.26. The zero-order valence-corrected chi connectivity index (χ0v) is 7.90. The third-order valence-corrected chi connectivity index (χ3v) is 2.11. The van der Waals surface area contributed by atoms with Crippen LogP contribution in [0.1, 0.15) is 32.1 Å². The van der Waals surface area contributed by atoms with Crippen LogP contribution < -0.4 is 5.32 Å². The second-order valence-corrected chi connectivity index (χ2v) is 3.05. The van der Waals surface area contributed by atoms with Crippen LogP contribution in [-0.4, -0.2) is 23.7 Å². The molecule has 0 bridgehead atoms. The molecule has 1 atom stereocenters. The van der Waals surface area contributed by atoms with Gasteiger partial charge in [0.05, 0.1) is 0 Å². The highest BCUT2D eigenvalue weighted by Gasteiger charge is 2.16. The molecule has 1 saturated heterocycles. The minimum atomic E-state index is -0.702. The fraction of sp³-hybridized carbons (Fsp3) is 0.875. The molecule has 4 heteroatoms. The van der Waals surface area contributed by atoms with Crippen LogP contribution in [0.15, 0.2) is 0 Å². The Morgan fingerprint density at radius 2 is 1.92 bits per heavy atom. The zero-order valence-electron chi connectivity index (χ0n) is 7.08. The van der Waals surface area contributed by atoms with Crippen molar-refractivity contribution in [2.75, 3.05) is 6.54 Å². The lowest BCUT2D eigenvalue weighted by molar-refractivity contribution is -0.139. The van der Waals surface area contributed by atoms with Gasteiger partial charge in [0.25, 0.3) is 0 Å². The molecule has 0 spiro atoms. The zero-order chi connectivity index (χ0) is 8.10. The third-order valence-electron chi connectivity index (χ3n) is 2.11. The number of carboxylic acids is 1. The maximum atomic E-state index is 10.6. The van der Waals surface area contributed by atoms with Crippen LogP contribution in [0.3, 0.4) is 0 Å². The maximum Gasteiger partial charge on any atom is 0.320 e. The molecular formula is C8H16ClNO2. The van der Waals surface area contributed by atoms with Crippen LogP contribution in [0.4, 0.5) is 0 Å². The lowest BCUT2D eigenvalue weighted by atomic mass is 10.0. The monoisotopic (exact) mass is 193 g/mol. The first-order valence-electron chi connectivity index (χ1n) is 4.27. The molecule has 0 aromatic rings. The van der Waals surface area contributed by atoms with Gasteiger partial charge in [-0.25, -0.2) is 0 Å². The highest BCUT2D eigenvalue weighted by molar-refractivity contribution is 5.85. The molecule has 1 unspecified atom stereocenters. The Morgan fingerprint density at radius 3 is 2.58 bits per heavy atom. The van der Waals surface area contributed by atoms with E-state index in [4.69, 9.17) is 5.11 Å². The average molecular weight is 194 g/mol. The van der Waals surface area contributed by atoms with Gasteiger partial charge >= 0.3 is 5.97 Å². The van der Waals surface area contributed by atoms with Crippen molar-refractivity contribution in [2.45, 2.75) is 38.1 Å². The Balaban J connectivity index is 0.00000121. The Hall–Kier alpha value is -0.280. The van der Waals surface area contributed by atoms with Gasteiger partial charge in [-0.15, -0.1) is 12.4 Å². The largest absolute Gasteiger partial charge is 0.480 e. The minimum Gasteiger partial charge on any atom is -0.480 e. The highest BCUT2D eigenvalue weighted by atomic mass is 35.5. The van der Waals surface area contributed by atoms with E-state index in [1.165, 1.54) is 12.8 Å². The van der Waals surface area contributed by atoms with Crippen LogP contribution in [0.5, 0.6) is 0 Å². The summed E-state index contributed by atoms with van der Waals surface area (Å²) in [4.78, 5) is 10.6. The van der Waals surface area contributed by atoms with Crippen LogP contribution in [0.2, 0.25) is 0 Å². The number of hydrogen-bond donors (Lipinski definition) is 2. The van der Waals surface area contributed by atoms with Gasteiger partial charge in [-0.1, -0.05) is 19.3 Å². The number of hydrogen-bond acceptors (Lipinski definition) is 2. The average Bonchev–Trinajstić information content (AvgIpc) is 1.84. The van der Waals surface area contributed by atoms with Crippen LogP contribution >= 0.6 is 12.4 Å². The number of carboxylic acid groups (broad SMARTS) is 1. The summed E-state index contributed by atoms with van der Waals surface area (Å²) in [6, 6.07) is -0.296. The fourth-order valence-corrected chi connectivity index (χ4v) is 1.42. The molecular weight excluding hydrogens is 178 g/mol. The first-order valence-corrected chi connectivity index (χ1v) is 4.27. The first kappa shape index (κ1) is 11.7. The molecule has 0 aliphatic carbocycles. The Morgan fingerprint density at radius 1 is 1.25 bits per heavy atom. The summed E-state index contributed by atoms with van der Waals surface area (Å²) in [5, 5.41) is 11.7. The summed E-state index contributed by atoms with van der Waals surface area (Å²) in [6.45, 7) is 0.858. The Kier molecular flexibility index (Phi) is 6.11. The molecule has 2 N–H and O–H groups in total. The smallest absolute Gasteiger partial charge is 0.320 e. The number of rotatable bonds is 1. The van der Waals surface area contributed by atoms with Crippen molar-refractivity contribution in [3.05, 3.63) is 0 Å². The van der Waals surface area contributed by atoms with E-state index >= 15 is 0 Å². The van der Waals surface area contributed by atoms with E-state index in [1.54, 1.807) is 0 Å². The van der Waals surface area contributed by atoms with Gasteiger partial charge in [-0.05, 0) is 19.4 Å². The predicted molar refractivity (Wildman–Crippen MR) is 49.8 cm³/mol. The summed E-state index contributed by atoms with van der Waals surface area (Å²) in [6.07, 6.45) is 5.37. The summed E-state index contributed by atoms with van der Waals surface area (Å²) in [5.41, 5.74) is 0. The van der Waals surface area contributed by atoms with Gasteiger partial charge in [0, 0.05) is 0 Å². The van der Waals surface area contributed by atoms with Crippen LogP contribution in [0, 0.1) is 0 Å². The predicted octanol–water partition coefficient (Wildman–Crippen LogP) is 1.42. The van der Waals surface area contributed by atoms with E-state index < -0.39 is 5.97 Å². The van der Waals surface area contributed by atoms with Gasteiger partial charge in [-0.2, -0.15) is 0 Å². The van der Waals surface area contributed by atoms with Crippen molar-refractivity contribution in [2.24, 2.45) is 0 Å². The lowest BCUT2D eigenvalue weighted by Crippen LogP contribution is -2.37. The lowest BCUT2D eigenvalue weighted by Gasteiger charge is -2.16. The minimum absolute atomic E-state index is 0. The molecule has 0 amide bonds. The van der Waals surface area contributed by atoms with E-state index in [9.17, 15) is 4.79 Å². The molecule has 72 valence electrons. The summed E-state index contributed by atoms with van der Waals surface area (Å²) in [7, 11) is 0. The molecule has 0 radical (unpaired) electrons. The van der Waals surface area contributed by atoms with Crippen molar-refractivity contribution in [3.63, 3.8) is 0 Å². The molecule has 12 heavy (non-hydrogen) atoms. The Labute approximate surface area is 78.9 Å². The summed E-state index contributed by atoms with van der Waals surface area (Å²) < 4.78 is 0. The molecule has 1 aliphatic heterocycles. The van der Waals surface area contributed by atoms with Crippen molar-refractivity contribution < 1.29 is 9.90 Å². The molecule has 3 nitrogen and oxygen atoms in total. The standard InChI is InChI=1S/C8H15NO2.ClH/c10-8(11)7-5-3-1-2-4-6-9-7;/h7,9H,1-6H2,(H,10,11);1H. The maximum absolute atomic E-state index is 10.6. The quantitative estimate of drug-likeness (QED) is 0.662. The van der Waals surface area contributed by atoms with Crippen LogP contribution in [0.25, 0.3) is 0 Å². The second-order valence-electron chi connectivity index (χ2n) is 3.05. The third kappa shape index (κ3) is 3.93. The SMILES string of the molecule is Cl.O=C(O)C1CCCCCCN1. The van der Waals surface area contributed by atoms with E-state index in [-0.39, 0.29) is 18.4 Å². The van der Waals surface area contributed by atoms with Gasteiger partial charge < -0.3 is 10.4 Å². The highest BCUT2D eigenvalue weighted by Crippen LogP contribution is 2.09. The fourth-order valence-electron chi connectivity index (χ4n) is 1.42. The van der Waals surface area contributed by atoms with E-state index in [1.807, 2.05) is 0 Å². The van der Waals surface area contributed by atoms with Gasteiger partial charge in [0.1, 0.15) is 6.04 Å². The van der Waals surface area contributed by atoms with Crippen LogP contribution in [-0.2, 0) is 4.79 Å². The molecule has 0 aromatic carbocycles. The molecule has 1 aliphatic rings. The molecule has 1 heterocycles. The Bertz CT molecular complexity index is 133. The van der Waals surface area contributed by atoms with E-state index in [2.05, 4.69) is 5.32 Å². The molecule has 1 rings (SSSR count). The molecule has 1 fully saturated rings. The van der Waals surface area contributed by atoms with E-state index in [0.29, 0.717) is 0 Å². The van der Waals surface area contributed by atoms with Gasteiger partial charge in [0.15, 0.2) is 0 Å². The van der Waals surface area contributed by atoms with Crippen molar-refractivity contribution in [1.82, 2.24) is 5.32 Å². The van der Waals surface area contributed by atoms with E-state index in [0.717, 1.165) is 25.8 Å². The first-order chi connectivity index (χ1) is 5.30. The topological polar surface area (TPSA) is 49.3 Å². The van der Waals surface area contributed by atoms with Crippen molar-refractivity contribution in [1.29, 1.82) is 0 Å². The number of carbonyl (C=O) groups is 1. The number of aliphatic carboxylic acids is 1. The number of nitrogens with one attached hydrogen (secondary N) is 1. The summed E-state index contributed by atoms with van der Waals surface area (Å²) in [5.74, 6) is -0.702. The van der Waals surface area contributed by atoms with Gasteiger partial charge in [0.2, 0.25) is 0 Å². The van der Waals surface area contributed by atoms with Crippen molar-refractivity contribution in [3.8, 4) is 0 Å². The normalized spacial score (nSPS) is 24.8. The molecule has 0 aromatic heterocycles. The van der Waals surface area contributed by atoms with Gasteiger partial charge in [-0.3, -0.25) is 4.79 Å².